The van der Waals surface area contributed by atoms with Crippen molar-refractivity contribution >= 4 is 17.9 Å². The topological polar surface area (TPSA) is 78.9 Å². The van der Waals surface area contributed by atoms with Crippen molar-refractivity contribution in [3.8, 4) is 0 Å². The Balaban J connectivity index is 4.11. The van der Waals surface area contributed by atoms with E-state index in [4.69, 9.17) is 14.2 Å². The molecule has 0 heterocycles. The molecule has 6 nitrogen and oxygen atoms in total. The normalized spacial score (nSPS) is 12.5. The average Bonchev–Trinajstić information content (AvgIpc) is 3.40. The first-order valence-electron chi connectivity index (χ1n) is 31.9. The lowest BCUT2D eigenvalue weighted by Gasteiger charge is -2.18. The summed E-state index contributed by atoms with van der Waals surface area (Å²) in [6.45, 7) is 6.49. The van der Waals surface area contributed by atoms with Crippen LogP contribution in [0, 0.1) is 0 Å². The monoisotopic (exact) mass is 1030 g/mol. The number of carbonyl (C=O) groups is 3. The Morgan fingerprint density at radius 1 is 0.284 bits per heavy atom. The highest BCUT2D eigenvalue weighted by atomic mass is 16.6. The third kappa shape index (κ3) is 59.7. The van der Waals surface area contributed by atoms with E-state index in [-0.39, 0.29) is 31.1 Å². The lowest BCUT2D eigenvalue weighted by Crippen LogP contribution is -2.30. The number of allylic oxidation sites excluding steroid dienone is 12. The largest absolute Gasteiger partial charge is 0.462 e. The zero-order valence-electron chi connectivity index (χ0n) is 49.1. The summed E-state index contributed by atoms with van der Waals surface area (Å²) in [7, 11) is 0. The van der Waals surface area contributed by atoms with Crippen molar-refractivity contribution in [1.29, 1.82) is 0 Å². The zero-order chi connectivity index (χ0) is 53.6. The zero-order valence-corrected chi connectivity index (χ0v) is 49.1. The fourth-order valence-electron chi connectivity index (χ4n) is 9.18. The van der Waals surface area contributed by atoms with Gasteiger partial charge in [0.15, 0.2) is 6.10 Å². The molecular formula is C68H120O6. The number of esters is 3. The number of unbranched alkanes of at least 4 members (excludes halogenated alkanes) is 35. The molecule has 0 aromatic carbocycles. The molecule has 74 heavy (non-hydrogen) atoms. The summed E-state index contributed by atoms with van der Waals surface area (Å²) in [5, 5.41) is 0. The summed E-state index contributed by atoms with van der Waals surface area (Å²) in [5.74, 6) is -0.869. The molecule has 0 radical (unpaired) electrons. The highest BCUT2D eigenvalue weighted by Gasteiger charge is 2.19. The number of rotatable bonds is 58. The van der Waals surface area contributed by atoms with Crippen molar-refractivity contribution in [2.45, 2.75) is 329 Å². The van der Waals surface area contributed by atoms with Crippen molar-refractivity contribution in [3.05, 3.63) is 72.9 Å². The summed E-state index contributed by atoms with van der Waals surface area (Å²) in [4.78, 5) is 38.2. The van der Waals surface area contributed by atoms with Gasteiger partial charge in [0.2, 0.25) is 0 Å². The van der Waals surface area contributed by atoms with Gasteiger partial charge in [-0.1, -0.05) is 293 Å². The van der Waals surface area contributed by atoms with Gasteiger partial charge in [-0.3, -0.25) is 14.4 Å². The van der Waals surface area contributed by atoms with E-state index in [2.05, 4.69) is 93.7 Å². The minimum Gasteiger partial charge on any atom is -0.462 e. The molecule has 0 fully saturated rings. The van der Waals surface area contributed by atoms with Crippen molar-refractivity contribution in [1.82, 2.24) is 0 Å². The third-order valence-electron chi connectivity index (χ3n) is 13.9. The maximum Gasteiger partial charge on any atom is 0.306 e. The Kier molecular flexibility index (Phi) is 59.7. The standard InChI is InChI=1S/C68H120O6/c1-4-7-10-13-16-19-22-24-26-27-28-29-30-31-32-33-34-35-36-37-38-39-40-41-43-44-46-49-52-55-58-61-67(70)73-64-65(63-72-66(69)60-57-54-51-48-21-18-15-12-9-6-3)74-68(71)62-59-56-53-50-47-45-42-25-23-20-17-14-11-8-5-2/h7,10,12,15-16,19,24,26,28-29,31-32,65H,4-6,8-9,11,13-14,17-18,20-23,25,27,30,33-64H2,1-3H3/b10-7-,15-12-,19-16-,26-24-,29-28-,32-31-. The minimum absolute atomic E-state index is 0.0736. The molecule has 0 saturated heterocycles. The van der Waals surface area contributed by atoms with Crippen molar-refractivity contribution in [2.75, 3.05) is 13.2 Å². The van der Waals surface area contributed by atoms with E-state index >= 15 is 0 Å². The van der Waals surface area contributed by atoms with E-state index in [1.807, 2.05) is 0 Å². The second-order valence-electron chi connectivity index (χ2n) is 21.3. The summed E-state index contributed by atoms with van der Waals surface area (Å²) in [6, 6.07) is 0. The van der Waals surface area contributed by atoms with E-state index in [0.29, 0.717) is 19.3 Å². The molecule has 1 atom stereocenters. The molecule has 428 valence electrons. The van der Waals surface area contributed by atoms with Gasteiger partial charge in [0.25, 0.3) is 0 Å². The van der Waals surface area contributed by atoms with Gasteiger partial charge in [-0.05, 0) is 83.5 Å². The van der Waals surface area contributed by atoms with E-state index in [9.17, 15) is 14.4 Å². The van der Waals surface area contributed by atoms with Gasteiger partial charge in [-0.2, -0.15) is 0 Å². The summed E-state index contributed by atoms with van der Waals surface area (Å²) in [5.41, 5.74) is 0. The SMILES string of the molecule is CC/C=C\C/C=C\C/C=C\C/C=C\C/C=C\CCCCCCCCCCCCCCCCCC(=O)OCC(COC(=O)CCCCCCC/C=C\CCC)OC(=O)CCCCCCCCCCCCCCCCC. The van der Waals surface area contributed by atoms with Gasteiger partial charge in [0.05, 0.1) is 0 Å². The third-order valence-corrected chi connectivity index (χ3v) is 13.9. The molecule has 0 aliphatic rings. The van der Waals surface area contributed by atoms with Gasteiger partial charge < -0.3 is 14.2 Å². The van der Waals surface area contributed by atoms with Crippen molar-refractivity contribution in [2.24, 2.45) is 0 Å². The van der Waals surface area contributed by atoms with Gasteiger partial charge in [0.1, 0.15) is 13.2 Å². The first-order chi connectivity index (χ1) is 36.5. The second-order valence-corrected chi connectivity index (χ2v) is 21.3. The Labute approximate surface area is 459 Å². The molecular weight excluding hydrogens is 913 g/mol. The van der Waals surface area contributed by atoms with E-state index in [1.165, 1.54) is 180 Å². The molecule has 6 heteroatoms. The Morgan fingerprint density at radius 2 is 0.554 bits per heavy atom. The molecule has 0 aromatic rings. The van der Waals surface area contributed by atoms with E-state index in [1.54, 1.807) is 0 Å². The molecule has 0 bridgehead atoms. The minimum atomic E-state index is -0.774. The van der Waals surface area contributed by atoms with E-state index in [0.717, 1.165) is 103 Å². The molecule has 0 spiro atoms. The fourth-order valence-corrected chi connectivity index (χ4v) is 9.18. The van der Waals surface area contributed by atoms with Gasteiger partial charge >= 0.3 is 17.9 Å². The second kappa shape index (κ2) is 62.4. The van der Waals surface area contributed by atoms with Crippen LogP contribution in [0.3, 0.4) is 0 Å². The van der Waals surface area contributed by atoms with Crippen LogP contribution in [-0.2, 0) is 28.6 Å². The number of ether oxygens (including phenoxy) is 3. The van der Waals surface area contributed by atoms with Crippen LogP contribution in [0.25, 0.3) is 0 Å². The smallest absolute Gasteiger partial charge is 0.306 e. The molecule has 0 saturated carbocycles. The van der Waals surface area contributed by atoms with Crippen molar-refractivity contribution in [3.63, 3.8) is 0 Å². The van der Waals surface area contributed by atoms with Gasteiger partial charge in [-0.25, -0.2) is 0 Å². The predicted octanol–water partition coefficient (Wildman–Crippen LogP) is 21.7. The Hall–Kier alpha value is -3.15. The van der Waals surface area contributed by atoms with Crippen LogP contribution >= 0.6 is 0 Å². The summed E-state index contributed by atoms with van der Waals surface area (Å²) < 4.78 is 16.9. The highest BCUT2D eigenvalue weighted by Crippen LogP contribution is 2.17. The molecule has 0 aromatic heterocycles. The van der Waals surface area contributed by atoms with Gasteiger partial charge in [-0.15, -0.1) is 0 Å². The first-order valence-corrected chi connectivity index (χ1v) is 31.9. The Morgan fingerprint density at radius 3 is 0.892 bits per heavy atom. The molecule has 0 aliphatic heterocycles. The average molecular weight is 1030 g/mol. The van der Waals surface area contributed by atoms with Crippen LogP contribution in [0.2, 0.25) is 0 Å². The van der Waals surface area contributed by atoms with Crippen LogP contribution in [-0.4, -0.2) is 37.2 Å². The number of hydrogen-bond donors (Lipinski definition) is 0. The maximum absolute atomic E-state index is 12.9. The quantitative estimate of drug-likeness (QED) is 0.0261. The van der Waals surface area contributed by atoms with Crippen LogP contribution in [0.4, 0.5) is 0 Å². The molecule has 1 unspecified atom stereocenters. The molecule has 0 rings (SSSR count). The number of carbonyl (C=O) groups excluding carboxylic acids is 3. The summed E-state index contributed by atoms with van der Waals surface area (Å²) >= 11 is 0. The molecule has 0 amide bonds. The van der Waals surface area contributed by atoms with Crippen LogP contribution in [0.1, 0.15) is 323 Å². The number of hydrogen-bond acceptors (Lipinski definition) is 6. The molecule has 0 aliphatic carbocycles. The van der Waals surface area contributed by atoms with Gasteiger partial charge in [0, 0.05) is 19.3 Å². The van der Waals surface area contributed by atoms with E-state index < -0.39 is 6.10 Å². The van der Waals surface area contributed by atoms with Crippen LogP contribution < -0.4 is 0 Å². The highest BCUT2D eigenvalue weighted by molar-refractivity contribution is 5.71. The molecule has 0 N–H and O–H groups in total. The predicted molar refractivity (Wildman–Crippen MR) is 321 cm³/mol. The lowest BCUT2D eigenvalue weighted by atomic mass is 10.0. The first kappa shape index (κ1) is 70.8. The van der Waals surface area contributed by atoms with Crippen LogP contribution in [0.15, 0.2) is 72.9 Å². The lowest BCUT2D eigenvalue weighted by molar-refractivity contribution is -0.167. The maximum atomic E-state index is 12.9. The Bertz CT molecular complexity index is 1370. The fraction of sp³-hybridized carbons (Fsp3) is 0.779. The van der Waals surface area contributed by atoms with Crippen molar-refractivity contribution < 1.29 is 28.6 Å². The summed E-state index contributed by atoms with van der Waals surface area (Å²) in [6.07, 6.45) is 80.7. The van der Waals surface area contributed by atoms with Crippen LogP contribution in [0.5, 0.6) is 0 Å².